The van der Waals surface area contributed by atoms with Crippen LogP contribution in [-0.4, -0.2) is 31.0 Å². The molecule has 0 radical (unpaired) electrons. The smallest absolute Gasteiger partial charge is 0.239 e. The van der Waals surface area contributed by atoms with Gasteiger partial charge in [-0.3, -0.25) is 4.79 Å². The Kier molecular flexibility index (Phi) is 4.95. The lowest BCUT2D eigenvalue weighted by Crippen LogP contribution is -2.39. The van der Waals surface area contributed by atoms with Crippen molar-refractivity contribution in [1.82, 2.24) is 4.90 Å². The number of nitrogens with zero attached hydrogens (tertiary/aromatic N) is 1. The molecule has 1 rings (SSSR count). The number of amides is 1. The standard InChI is InChI=1S/C15H24N2O2/c1-9-7-13(8-17(5)15(18)12(4)16)10(2)11(3)14(9)19-6/h7,12H,8,16H2,1-6H3. The number of rotatable bonds is 4. The molecule has 0 fully saturated rings. The Labute approximate surface area is 115 Å². The zero-order valence-corrected chi connectivity index (χ0v) is 12.7. The number of aryl methyl sites for hydroxylation is 1. The molecule has 1 atom stereocenters. The first-order chi connectivity index (χ1) is 8.79. The molecule has 0 bridgehead atoms. The maximum atomic E-state index is 11.8. The maximum absolute atomic E-state index is 11.8. The quantitative estimate of drug-likeness (QED) is 0.904. The van der Waals surface area contributed by atoms with Gasteiger partial charge in [0.2, 0.25) is 5.91 Å². The van der Waals surface area contributed by atoms with E-state index in [1.807, 2.05) is 13.8 Å². The predicted octanol–water partition coefficient (Wildman–Crippen LogP) is 1.93. The normalized spacial score (nSPS) is 12.2. The van der Waals surface area contributed by atoms with Crippen molar-refractivity contribution >= 4 is 5.91 Å². The van der Waals surface area contributed by atoms with E-state index in [2.05, 4.69) is 13.0 Å². The molecular formula is C15H24N2O2. The lowest BCUT2D eigenvalue weighted by atomic mass is 9.98. The van der Waals surface area contributed by atoms with Crippen LogP contribution in [0.5, 0.6) is 5.75 Å². The van der Waals surface area contributed by atoms with Crippen LogP contribution in [0.4, 0.5) is 0 Å². The van der Waals surface area contributed by atoms with Gasteiger partial charge in [0.25, 0.3) is 0 Å². The first-order valence-corrected chi connectivity index (χ1v) is 6.43. The monoisotopic (exact) mass is 264 g/mol. The predicted molar refractivity (Wildman–Crippen MR) is 77.3 cm³/mol. The van der Waals surface area contributed by atoms with Crippen LogP contribution in [0.1, 0.15) is 29.2 Å². The van der Waals surface area contributed by atoms with Crippen molar-refractivity contribution in [2.24, 2.45) is 5.73 Å². The summed E-state index contributed by atoms with van der Waals surface area (Å²) in [6, 6.07) is 1.61. The van der Waals surface area contributed by atoms with Gasteiger partial charge in [-0.15, -0.1) is 0 Å². The third-order valence-electron chi connectivity index (χ3n) is 3.51. The number of likely N-dealkylation sites (N-methyl/N-ethyl adjacent to an activating group) is 1. The number of hydrogen-bond acceptors (Lipinski definition) is 3. The number of benzene rings is 1. The lowest BCUT2D eigenvalue weighted by molar-refractivity contribution is -0.131. The lowest BCUT2D eigenvalue weighted by Gasteiger charge is -2.22. The summed E-state index contributed by atoms with van der Waals surface area (Å²) in [5.41, 5.74) is 10.1. The fraction of sp³-hybridized carbons (Fsp3) is 0.533. The van der Waals surface area contributed by atoms with Crippen LogP contribution in [0.25, 0.3) is 0 Å². The van der Waals surface area contributed by atoms with E-state index in [0.717, 1.165) is 28.0 Å². The van der Waals surface area contributed by atoms with Crippen LogP contribution in [0.2, 0.25) is 0 Å². The molecule has 0 aliphatic heterocycles. The van der Waals surface area contributed by atoms with E-state index in [1.54, 1.807) is 26.0 Å². The molecule has 1 amide bonds. The van der Waals surface area contributed by atoms with Gasteiger partial charge in [-0.25, -0.2) is 0 Å². The zero-order valence-electron chi connectivity index (χ0n) is 12.7. The second kappa shape index (κ2) is 6.06. The maximum Gasteiger partial charge on any atom is 0.239 e. The number of carbonyl (C=O) groups excluding carboxylic acids is 1. The first-order valence-electron chi connectivity index (χ1n) is 6.43. The molecule has 1 aromatic rings. The molecule has 0 aromatic heterocycles. The highest BCUT2D eigenvalue weighted by Gasteiger charge is 2.16. The Morgan fingerprint density at radius 1 is 1.37 bits per heavy atom. The van der Waals surface area contributed by atoms with Gasteiger partial charge >= 0.3 is 0 Å². The van der Waals surface area contributed by atoms with Crippen LogP contribution >= 0.6 is 0 Å². The van der Waals surface area contributed by atoms with E-state index in [-0.39, 0.29) is 5.91 Å². The Morgan fingerprint density at radius 3 is 2.42 bits per heavy atom. The Hall–Kier alpha value is -1.55. The van der Waals surface area contributed by atoms with Crippen LogP contribution < -0.4 is 10.5 Å². The van der Waals surface area contributed by atoms with Gasteiger partial charge in [-0.05, 0) is 49.9 Å². The summed E-state index contributed by atoms with van der Waals surface area (Å²) in [7, 11) is 3.46. The zero-order chi connectivity index (χ0) is 14.7. The van der Waals surface area contributed by atoms with E-state index < -0.39 is 6.04 Å². The molecular weight excluding hydrogens is 240 g/mol. The third-order valence-corrected chi connectivity index (χ3v) is 3.51. The van der Waals surface area contributed by atoms with Gasteiger partial charge in [0.05, 0.1) is 13.2 Å². The largest absolute Gasteiger partial charge is 0.496 e. The summed E-state index contributed by atoms with van der Waals surface area (Å²) < 4.78 is 5.40. The van der Waals surface area contributed by atoms with Gasteiger partial charge in [0, 0.05) is 13.6 Å². The molecule has 2 N–H and O–H groups in total. The van der Waals surface area contributed by atoms with E-state index in [4.69, 9.17) is 10.5 Å². The van der Waals surface area contributed by atoms with Crippen molar-refractivity contribution in [3.63, 3.8) is 0 Å². The molecule has 0 saturated heterocycles. The van der Waals surface area contributed by atoms with Crippen LogP contribution in [-0.2, 0) is 11.3 Å². The third kappa shape index (κ3) is 3.26. The van der Waals surface area contributed by atoms with Crippen LogP contribution in [0.15, 0.2) is 6.07 Å². The molecule has 1 unspecified atom stereocenters. The van der Waals surface area contributed by atoms with Gasteiger partial charge in [-0.1, -0.05) is 6.07 Å². The summed E-state index contributed by atoms with van der Waals surface area (Å²) in [5.74, 6) is 0.868. The molecule has 4 nitrogen and oxygen atoms in total. The van der Waals surface area contributed by atoms with E-state index >= 15 is 0 Å². The van der Waals surface area contributed by atoms with Gasteiger partial charge in [0.1, 0.15) is 5.75 Å². The summed E-state index contributed by atoms with van der Waals surface area (Å²) in [4.78, 5) is 13.5. The van der Waals surface area contributed by atoms with Crippen molar-refractivity contribution in [2.45, 2.75) is 40.3 Å². The number of carbonyl (C=O) groups is 1. The average molecular weight is 264 g/mol. The number of hydrogen-bond donors (Lipinski definition) is 1. The molecule has 0 spiro atoms. The topological polar surface area (TPSA) is 55.6 Å². The highest BCUT2D eigenvalue weighted by Crippen LogP contribution is 2.29. The first kappa shape index (κ1) is 15.5. The molecule has 106 valence electrons. The fourth-order valence-electron chi connectivity index (χ4n) is 2.30. The highest BCUT2D eigenvalue weighted by atomic mass is 16.5. The van der Waals surface area contributed by atoms with E-state index in [9.17, 15) is 4.79 Å². The van der Waals surface area contributed by atoms with Gasteiger partial charge in [0.15, 0.2) is 0 Å². The molecule has 0 aliphatic carbocycles. The minimum Gasteiger partial charge on any atom is -0.496 e. The number of ether oxygens (including phenoxy) is 1. The molecule has 1 aromatic carbocycles. The van der Waals surface area contributed by atoms with Crippen molar-refractivity contribution in [1.29, 1.82) is 0 Å². The second-order valence-corrected chi connectivity index (χ2v) is 5.12. The molecule has 19 heavy (non-hydrogen) atoms. The van der Waals surface area contributed by atoms with Crippen LogP contribution in [0.3, 0.4) is 0 Å². The summed E-state index contributed by atoms with van der Waals surface area (Å²) in [6.07, 6.45) is 0. The van der Waals surface area contributed by atoms with Crippen molar-refractivity contribution in [3.05, 3.63) is 28.3 Å². The minimum atomic E-state index is -0.467. The summed E-state index contributed by atoms with van der Waals surface area (Å²) >= 11 is 0. The highest BCUT2D eigenvalue weighted by molar-refractivity contribution is 5.80. The van der Waals surface area contributed by atoms with Crippen molar-refractivity contribution in [2.75, 3.05) is 14.2 Å². The average Bonchev–Trinajstić information content (AvgIpc) is 2.35. The molecule has 0 saturated carbocycles. The van der Waals surface area contributed by atoms with Gasteiger partial charge in [-0.2, -0.15) is 0 Å². The number of methoxy groups -OCH3 is 1. The van der Waals surface area contributed by atoms with Gasteiger partial charge < -0.3 is 15.4 Å². The molecule has 4 heteroatoms. The van der Waals surface area contributed by atoms with Crippen molar-refractivity contribution in [3.8, 4) is 5.75 Å². The number of nitrogens with two attached hydrogens (primary N) is 1. The fourth-order valence-corrected chi connectivity index (χ4v) is 2.30. The Balaban J connectivity index is 3.06. The molecule has 0 heterocycles. The van der Waals surface area contributed by atoms with E-state index in [1.165, 1.54) is 0 Å². The summed E-state index contributed by atoms with van der Waals surface area (Å²) in [5, 5.41) is 0. The Morgan fingerprint density at radius 2 is 1.95 bits per heavy atom. The van der Waals surface area contributed by atoms with Crippen LogP contribution in [0, 0.1) is 20.8 Å². The summed E-state index contributed by atoms with van der Waals surface area (Å²) in [6.45, 7) is 8.38. The van der Waals surface area contributed by atoms with E-state index in [0.29, 0.717) is 6.54 Å². The molecule has 0 aliphatic rings. The SMILES string of the molecule is COc1c(C)cc(CN(C)C(=O)C(C)N)c(C)c1C. The van der Waals surface area contributed by atoms with Crippen molar-refractivity contribution < 1.29 is 9.53 Å². The minimum absolute atomic E-state index is 0.0504. The Bertz CT molecular complexity index is 482. The second-order valence-electron chi connectivity index (χ2n) is 5.12.